The number of nitrogens with one attached hydrogen (secondary N) is 1. The van der Waals surface area contributed by atoms with Crippen LogP contribution in [0.15, 0.2) is 42.6 Å². The molecule has 0 atom stereocenters. The third-order valence-electron chi connectivity index (χ3n) is 3.21. The van der Waals surface area contributed by atoms with Crippen molar-refractivity contribution in [3.05, 3.63) is 59.0 Å². The van der Waals surface area contributed by atoms with Crippen LogP contribution in [-0.4, -0.2) is 15.1 Å². The highest BCUT2D eigenvalue weighted by molar-refractivity contribution is 6.31. The molecule has 0 unspecified atom stereocenters. The predicted molar refractivity (Wildman–Crippen MR) is 84.7 cm³/mol. The van der Waals surface area contributed by atoms with Gasteiger partial charge in [0.1, 0.15) is 11.4 Å². The van der Waals surface area contributed by atoms with E-state index in [0.717, 1.165) is 22.3 Å². The minimum atomic E-state index is 0.174. The van der Waals surface area contributed by atoms with Crippen LogP contribution in [0.4, 0.5) is 5.69 Å². The first-order valence-corrected chi connectivity index (χ1v) is 6.95. The van der Waals surface area contributed by atoms with Crippen LogP contribution in [0, 0.1) is 6.92 Å². The van der Waals surface area contributed by atoms with Gasteiger partial charge in [0.15, 0.2) is 0 Å². The minimum absolute atomic E-state index is 0.174. The maximum Gasteiger partial charge on any atom is 0.138 e. The first-order chi connectivity index (χ1) is 10.1. The van der Waals surface area contributed by atoms with E-state index >= 15 is 0 Å². The van der Waals surface area contributed by atoms with Gasteiger partial charge in [0.25, 0.3) is 0 Å². The second kappa shape index (κ2) is 5.58. The number of rotatable bonds is 3. The Hall–Kier alpha value is -2.33. The number of anilines is 1. The zero-order valence-corrected chi connectivity index (χ0v) is 12.2. The molecular formula is C16H14ClN3O. The number of nitrogens with zero attached hydrogens (tertiary/aromatic N) is 2. The van der Waals surface area contributed by atoms with Gasteiger partial charge in [-0.2, -0.15) is 0 Å². The number of aromatic hydroxyl groups is 1. The summed E-state index contributed by atoms with van der Waals surface area (Å²) in [4.78, 5) is 8.69. The van der Waals surface area contributed by atoms with Gasteiger partial charge in [-0.1, -0.05) is 17.7 Å². The van der Waals surface area contributed by atoms with Crippen molar-refractivity contribution in [3.8, 4) is 5.75 Å². The van der Waals surface area contributed by atoms with E-state index in [-0.39, 0.29) is 5.75 Å². The third kappa shape index (κ3) is 2.90. The second-order valence-corrected chi connectivity index (χ2v) is 5.24. The number of pyridine rings is 2. The van der Waals surface area contributed by atoms with E-state index in [4.69, 9.17) is 11.6 Å². The molecule has 21 heavy (non-hydrogen) atoms. The average Bonchev–Trinajstić information content (AvgIpc) is 2.47. The molecule has 5 heteroatoms. The Kier molecular flexibility index (Phi) is 3.62. The first kappa shape index (κ1) is 13.6. The zero-order valence-electron chi connectivity index (χ0n) is 11.5. The Labute approximate surface area is 127 Å². The summed E-state index contributed by atoms with van der Waals surface area (Å²) in [5.74, 6) is 0.174. The molecule has 0 fully saturated rings. The molecule has 0 bridgehead atoms. The minimum Gasteiger partial charge on any atom is -0.506 e. The quantitative estimate of drug-likeness (QED) is 0.770. The standard InChI is InChI=1S/C16H14ClN3O/c1-10-4-5-15(21)14(20-10)9-19-13-8-12(17)7-11-3-2-6-18-16(11)13/h2-8,19,21H,9H2,1H3. The predicted octanol–water partition coefficient (Wildman–Crippen LogP) is 3.91. The molecule has 0 aliphatic rings. The number of fused-ring (bicyclic) bond motifs is 1. The topological polar surface area (TPSA) is 58.0 Å². The van der Waals surface area contributed by atoms with E-state index in [0.29, 0.717) is 17.3 Å². The summed E-state index contributed by atoms with van der Waals surface area (Å²) in [6, 6.07) is 10.9. The fourth-order valence-electron chi connectivity index (χ4n) is 2.20. The first-order valence-electron chi connectivity index (χ1n) is 6.57. The lowest BCUT2D eigenvalue weighted by atomic mass is 10.2. The molecule has 3 rings (SSSR count). The van der Waals surface area contributed by atoms with Crippen LogP contribution >= 0.6 is 11.6 Å². The van der Waals surface area contributed by atoms with Crippen LogP contribution in [-0.2, 0) is 6.54 Å². The largest absolute Gasteiger partial charge is 0.506 e. The molecule has 2 heterocycles. The van der Waals surface area contributed by atoms with Crippen LogP contribution in [0.3, 0.4) is 0 Å². The molecular weight excluding hydrogens is 286 g/mol. The molecule has 0 aliphatic carbocycles. The van der Waals surface area contributed by atoms with Crippen LogP contribution in [0.25, 0.3) is 10.9 Å². The summed E-state index contributed by atoms with van der Waals surface area (Å²) in [6.45, 7) is 2.29. The van der Waals surface area contributed by atoms with Gasteiger partial charge in [-0.15, -0.1) is 0 Å². The maximum absolute atomic E-state index is 9.84. The van der Waals surface area contributed by atoms with Crippen molar-refractivity contribution in [1.29, 1.82) is 0 Å². The SMILES string of the molecule is Cc1ccc(O)c(CNc2cc(Cl)cc3cccnc23)n1. The summed E-state index contributed by atoms with van der Waals surface area (Å²) in [5, 5.41) is 14.7. The highest BCUT2D eigenvalue weighted by Crippen LogP contribution is 2.27. The molecule has 106 valence electrons. The average molecular weight is 300 g/mol. The molecule has 0 radical (unpaired) electrons. The molecule has 2 N–H and O–H groups in total. The van der Waals surface area contributed by atoms with Crippen LogP contribution in [0.5, 0.6) is 5.75 Å². The number of halogens is 1. The Bertz CT molecular complexity index is 805. The van der Waals surface area contributed by atoms with Gasteiger partial charge < -0.3 is 10.4 Å². The van der Waals surface area contributed by atoms with Crippen molar-refractivity contribution in [3.63, 3.8) is 0 Å². The zero-order chi connectivity index (χ0) is 14.8. The van der Waals surface area contributed by atoms with E-state index in [1.54, 1.807) is 18.3 Å². The van der Waals surface area contributed by atoms with E-state index in [2.05, 4.69) is 15.3 Å². The number of hydrogen-bond donors (Lipinski definition) is 2. The molecule has 0 amide bonds. The summed E-state index contributed by atoms with van der Waals surface area (Å²) in [7, 11) is 0. The van der Waals surface area contributed by atoms with Crippen molar-refractivity contribution in [2.75, 3.05) is 5.32 Å². The van der Waals surface area contributed by atoms with E-state index < -0.39 is 0 Å². The number of hydrogen-bond acceptors (Lipinski definition) is 4. The Morgan fingerprint density at radius 3 is 2.95 bits per heavy atom. The van der Waals surface area contributed by atoms with Crippen molar-refractivity contribution >= 4 is 28.2 Å². The van der Waals surface area contributed by atoms with Gasteiger partial charge in [0.2, 0.25) is 0 Å². The molecule has 3 aromatic rings. The molecule has 4 nitrogen and oxygen atoms in total. The third-order valence-corrected chi connectivity index (χ3v) is 3.42. The van der Waals surface area contributed by atoms with Gasteiger partial charge in [0.05, 0.1) is 17.7 Å². The lowest BCUT2D eigenvalue weighted by molar-refractivity contribution is 0.464. The monoisotopic (exact) mass is 299 g/mol. The number of benzene rings is 1. The fourth-order valence-corrected chi connectivity index (χ4v) is 2.43. The summed E-state index contributed by atoms with van der Waals surface area (Å²) in [6.07, 6.45) is 1.74. The number of aryl methyl sites for hydroxylation is 1. The smallest absolute Gasteiger partial charge is 0.138 e. The fraction of sp³-hybridized carbons (Fsp3) is 0.125. The molecule has 0 saturated carbocycles. The van der Waals surface area contributed by atoms with Gasteiger partial charge in [-0.25, -0.2) is 0 Å². The summed E-state index contributed by atoms with van der Waals surface area (Å²) in [5.41, 5.74) is 3.12. The summed E-state index contributed by atoms with van der Waals surface area (Å²) < 4.78 is 0. The highest BCUT2D eigenvalue weighted by Gasteiger charge is 2.07. The Balaban J connectivity index is 1.93. The van der Waals surface area contributed by atoms with Crippen molar-refractivity contribution in [2.24, 2.45) is 0 Å². The van der Waals surface area contributed by atoms with Crippen molar-refractivity contribution < 1.29 is 5.11 Å². The van der Waals surface area contributed by atoms with Gasteiger partial charge in [-0.3, -0.25) is 9.97 Å². The number of aromatic nitrogens is 2. The lowest BCUT2D eigenvalue weighted by Gasteiger charge is -2.11. The van der Waals surface area contributed by atoms with Gasteiger partial charge >= 0.3 is 0 Å². The summed E-state index contributed by atoms with van der Waals surface area (Å²) >= 11 is 6.13. The van der Waals surface area contributed by atoms with Crippen LogP contribution in [0.2, 0.25) is 5.02 Å². The molecule has 0 saturated heterocycles. The van der Waals surface area contributed by atoms with E-state index in [9.17, 15) is 5.11 Å². The lowest BCUT2D eigenvalue weighted by Crippen LogP contribution is -2.03. The molecule has 2 aromatic heterocycles. The Morgan fingerprint density at radius 1 is 1.24 bits per heavy atom. The Morgan fingerprint density at radius 2 is 2.10 bits per heavy atom. The molecule has 1 aromatic carbocycles. The van der Waals surface area contributed by atoms with Gasteiger partial charge in [0, 0.05) is 22.3 Å². The van der Waals surface area contributed by atoms with E-state index in [1.807, 2.05) is 31.2 Å². The van der Waals surface area contributed by atoms with Crippen LogP contribution < -0.4 is 5.32 Å². The molecule has 0 spiro atoms. The highest BCUT2D eigenvalue weighted by atomic mass is 35.5. The molecule has 0 aliphatic heterocycles. The normalized spacial score (nSPS) is 10.8. The van der Waals surface area contributed by atoms with Crippen molar-refractivity contribution in [1.82, 2.24) is 9.97 Å². The van der Waals surface area contributed by atoms with E-state index in [1.165, 1.54) is 0 Å². The maximum atomic E-state index is 9.84. The van der Waals surface area contributed by atoms with Gasteiger partial charge in [-0.05, 0) is 37.3 Å². The second-order valence-electron chi connectivity index (χ2n) is 4.80. The van der Waals surface area contributed by atoms with Crippen molar-refractivity contribution in [2.45, 2.75) is 13.5 Å². The van der Waals surface area contributed by atoms with Crippen LogP contribution in [0.1, 0.15) is 11.4 Å².